The predicted octanol–water partition coefficient (Wildman–Crippen LogP) is 3.80. The number of fused-ring (bicyclic) bond motifs is 1. The van der Waals surface area contributed by atoms with Crippen molar-refractivity contribution in [1.29, 1.82) is 0 Å². The SMILES string of the molecule is COc1ccc([C@@H]2C(=C(O)c3ccc4c(c3)C[C@@H](C)O4)C(=O)C(=O)N2c2nnc(C)s2)cc1. The molecule has 33 heavy (non-hydrogen) atoms. The zero-order valence-electron chi connectivity index (χ0n) is 18.2. The van der Waals surface area contributed by atoms with E-state index in [0.717, 1.165) is 11.3 Å². The minimum Gasteiger partial charge on any atom is -0.507 e. The maximum Gasteiger partial charge on any atom is 0.301 e. The summed E-state index contributed by atoms with van der Waals surface area (Å²) in [4.78, 5) is 27.6. The second kappa shape index (κ2) is 8.00. The molecule has 1 aromatic heterocycles. The van der Waals surface area contributed by atoms with Gasteiger partial charge in [0.15, 0.2) is 0 Å². The zero-order chi connectivity index (χ0) is 23.3. The van der Waals surface area contributed by atoms with E-state index in [0.29, 0.717) is 33.4 Å². The van der Waals surface area contributed by atoms with E-state index in [2.05, 4.69) is 10.2 Å². The molecule has 9 heteroatoms. The number of ether oxygens (including phenoxy) is 2. The molecular formula is C24H21N3O5S. The number of nitrogens with zero attached hydrogens (tertiary/aromatic N) is 3. The van der Waals surface area contributed by atoms with Crippen LogP contribution >= 0.6 is 11.3 Å². The number of ketones is 1. The molecule has 2 aromatic carbocycles. The molecule has 1 N–H and O–H groups in total. The van der Waals surface area contributed by atoms with Gasteiger partial charge in [0.05, 0.1) is 18.7 Å². The highest BCUT2D eigenvalue weighted by molar-refractivity contribution is 7.15. The van der Waals surface area contributed by atoms with E-state index in [1.54, 1.807) is 50.4 Å². The van der Waals surface area contributed by atoms with Gasteiger partial charge in [0.2, 0.25) is 5.13 Å². The highest BCUT2D eigenvalue weighted by Crippen LogP contribution is 2.43. The third-order valence-corrected chi connectivity index (χ3v) is 6.60. The Bertz CT molecular complexity index is 1300. The zero-order valence-corrected chi connectivity index (χ0v) is 19.0. The molecule has 8 nitrogen and oxygen atoms in total. The third-order valence-electron chi connectivity index (χ3n) is 5.77. The Balaban J connectivity index is 1.67. The van der Waals surface area contributed by atoms with Crippen LogP contribution in [-0.2, 0) is 16.0 Å². The quantitative estimate of drug-likeness (QED) is 0.357. The smallest absolute Gasteiger partial charge is 0.301 e. The first-order valence-electron chi connectivity index (χ1n) is 10.4. The second-order valence-electron chi connectivity index (χ2n) is 8.00. The summed E-state index contributed by atoms with van der Waals surface area (Å²) >= 11 is 1.21. The fourth-order valence-corrected chi connectivity index (χ4v) is 4.95. The van der Waals surface area contributed by atoms with Crippen LogP contribution in [0.4, 0.5) is 5.13 Å². The van der Waals surface area contributed by atoms with Gasteiger partial charge in [-0.05, 0) is 55.3 Å². The number of carbonyl (C=O) groups excluding carboxylic acids is 2. The number of aromatic nitrogens is 2. The van der Waals surface area contributed by atoms with Crippen molar-refractivity contribution in [3.8, 4) is 11.5 Å². The number of amides is 1. The molecule has 3 heterocycles. The lowest BCUT2D eigenvalue weighted by atomic mass is 9.94. The van der Waals surface area contributed by atoms with Crippen molar-refractivity contribution in [3.05, 3.63) is 69.7 Å². The van der Waals surface area contributed by atoms with Crippen molar-refractivity contribution >= 4 is 33.9 Å². The average molecular weight is 464 g/mol. The van der Waals surface area contributed by atoms with Gasteiger partial charge < -0.3 is 14.6 Å². The van der Waals surface area contributed by atoms with Gasteiger partial charge in [-0.25, -0.2) is 0 Å². The first-order chi connectivity index (χ1) is 15.9. The molecule has 0 unspecified atom stereocenters. The number of hydrogen-bond acceptors (Lipinski definition) is 8. The van der Waals surface area contributed by atoms with Crippen molar-refractivity contribution in [3.63, 3.8) is 0 Å². The standard InChI is InChI=1S/C24H21N3O5S/c1-12-10-16-11-15(6-9-18(16)32-12)21(28)19-20(14-4-7-17(31-3)8-5-14)27(23(30)22(19)29)24-26-25-13(2)33-24/h4-9,11-12,20,28H,10H2,1-3H3/t12-,20-/m1/s1. The van der Waals surface area contributed by atoms with Crippen molar-refractivity contribution in [2.45, 2.75) is 32.4 Å². The lowest BCUT2D eigenvalue weighted by molar-refractivity contribution is -0.132. The summed E-state index contributed by atoms with van der Waals surface area (Å²) in [7, 11) is 1.56. The van der Waals surface area contributed by atoms with Crippen LogP contribution in [-0.4, -0.2) is 40.2 Å². The van der Waals surface area contributed by atoms with Crippen molar-refractivity contribution in [1.82, 2.24) is 10.2 Å². The van der Waals surface area contributed by atoms with Crippen LogP contribution in [0.5, 0.6) is 11.5 Å². The largest absolute Gasteiger partial charge is 0.507 e. The summed E-state index contributed by atoms with van der Waals surface area (Å²) in [5.41, 5.74) is 2.05. The molecule has 0 aliphatic carbocycles. The fraction of sp³-hybridized carbons (Fsp3) is 0.250. The van der Waals surface area contributed by atoms with E-state index in [9.17, 15) is 14.7 Å². The van der Waals surface area contributed by atoms with Gasteiger partial charge in [-0.3, -0.25) is 14.5 Å². The molecule has 1 fully saturated rings. The van der Waals surface area contributed by atoms with Crippen LogP contribution in [0, 0.1) is 6.92 Å². The van der Waals surface area contributed by atoms with Gasteiger partial charge in [-0.15, -0.1) is 10.2 Å². The number of aliphatic hydroxyl groups is 1. The minimum absolute atomic E-state index is 0.00457. The van der Waals surface area contributed by atoms with Gasteiger partial charge in [0, 0.05) is 12.0 Å². The lowest BCUT2D eigenvalue weighted by Crippen LogP contribution is -2.29. The number of aliphatic hydroxyl groups excluding tert-OH is 1. The molecule has 2 aliphatic heterocycles. The maximum absolute atomic E-state index is 13.2. The van der Waals surface area contributed by atoms with E-state index in [1.165, 1.54) is 16.2 Å². The van der Waals surface area contributed by atoms with E-state index in [1.807, 2.05) is 13.0 Å². The molecule has 0 saturated carbocycles. The number of hydrogen-bond donors (Lipinski definition) is 1. The molecule has 168 valence electrons. The Labute approximate surface area is 194 Å². The molecule has 2 atom stereocenters. The van der Waals surface area contributed by atoms with Crippen LogP contribution in [0.15, 0.2) is 48.0 Å². The highest BCUT2D eigenvalue weighted by Gasteiger charge is 2.48. The van der Waals surface area contributed by atoms with Gasteiger partial charge in [0.1, 0.15) is 28.4 Å². The minimum atomic E-state index is -0.855. The van der Waals surface area contributed by atoms with Crippen molar-refractivity contribution < 1.29 is 24.2 Å². The summed E-state index contributed by atoms with van der Waals surface area (Å²) in [6, 6.07) is 11.4. The van der Waals surface area contributed by atoms with Gasteiger partial charge in [0.25, 0.3) is 5.78 Å². The molecule has 1 amide bonds. The molecule has 0 radical (unpaired) electrons. The maximum atomic E-state index is 13.2. The molecule has 3 aromatic rings. The summed E-state index contributed by atoms with van der Waals surface area (Å²) in [6.45, 7) is 3.74. The van der Waals surface area contributed by atoms with Gasteiger partial charge >= 0.3 is 5.91 Å². The second-order valence-corrected chi connectivity index (χ2v) is 9.16. The number of rotatable bonds is 4. The van der Waals surface area contributed by atoms with Crippen molar-refractivity contribution in [2.24, 2.45) is 0 Å². The van der Waals surface area contributed by atoms with Gasteiger partial charge in [-0.2, -0.15) is 0 Å². The molecule has 0 spiro atoms. The van der Waals surface area contributed by atoms with E-state index >= 15 is 0 Å². The van der Waals surface area contributed by atoms with Gasteiger partial charge in [-0.1, -0.05) is 23.5 Å². The number of anilines is 1. The van der Waals surface area contributed by atoms with E-state index in [-0.39, 0.29) is 17.4 Å². The Morgan fingerprint density at radius 3 is 2.61 bits per heavy atom. The molecule has 5 rings (SSSR count). The average Bonchev–Trinajstić information content (AvgIpc) is 3.48. The molecule has 2 aliphatic rings. The summed E-state index contributed by atoms with van der Waals surface area (Å²) in [6.07, 6.45) is 0.749. The molecule has 1 saturated heterocycles. The Morgan fingerprint density at radius 1 is 1.18 bits per heavy atom. The van der Waals surface area contributed by atoms with Crippen LogP contribution in [0.1, 0.15) is 34.7 Å². The van der Waals surface area contributed by atoms with Crippen LogP contribution in [0.2, 0.25) is 0 Å². The molecular weight excluding hydrogens is 442 g/mol. The van der Waals surface area contributed by atoms with Crippen LogP contribution in [0.25, 0.3) is 5.76 Å². The van der Waals surface area contributed by atoms with E-state index < -0.39 is 17.7 Å². The topological polar surface area (TPSA) is 102 Å². The lowest BCUT2D eigenvalue weighted by Gasteiger charge is -2.22. The number of carbonyl (C=O) groups is 2. The summed E-state index contributed by atoms with van der Waals surface area (Å²) in [5, 5.41) is 20.3. The highest BCUT2D eigenvalue weighted by atomic mass is 32.1. The first kappa shape index (κ1) is 21.1. The normalized spacial score (nSPS) is 21.2. The number of methoxy groups -OCH3 is 1. The third kappa shape index (κ3) is 3.54. The Morgan fingerprint density at radius 2 is 1.94 bits per heavy atom. The Kier molecular flexibility index (Phi) is 5.13. The number of benzene rings is 2. The molecule has 0 bridgehead atoms. The fourth-order valence-electron chi connectivity index (χ4n) is 4.24. The van der Waals surface area contributed by atoms with Crippen molar-refractivity contribution in [2.75, 3.05) is 12.0 Å². The first-order valence-corrected chi connectivity index (χ1v) is 11.2. The number of Topliss-reactive ketones (excluding diaryl/α,β-unsaturated/α-hetero) is 1. The predicted molar refractivity (Wildman–Crippen MR) is 123 cm³/mol. The Hall–Kier alpha value is -3.72. The van der Waals surface area contributed by atoms with Crippen LogP contribution in [0.3, 0.4) is 0 Å². The monoisotopic (exact) mass is 463 g/mol. The summed E-state index contributed by atoms with van der Waals surface area (Å²) < 4.78 is 11.0. The number of aryl methyl sites for hydroxylation is 1. The van der Waals surface area contributed by atoms with E-state index in [4.69, 9.17) is 9.47 Å². The van der Waals surface area contributed by atoms with Crippen LogP contribution < -0.4 is 14.4 Å². The summed E-state index contributed by atoms with van der Waals surface area (Å²) in [5.74, 6) is -0.371.